The number of carbonyl (C=O) groups is 1. The van der Waals surface area contributed by atoms with E-state index in [0.717, 1.165) is 17.0 Å². The van der Waals surface area contributed by atoms with E-state index in [0.29, 0.717) is 13.2 Å². The molecule has 1 N–H and O–H groups in total. The van der Waals surface area contributed by atoms with Crippen molar-refractivity contribution in [3.63, 3.8) is 0 Å². The number of ether oxygens (including phenoxy) is 1. The smallest absolute Gasteiger partial charge is 0.323 e. The van der Waals surface area contributed by atoms with Gasteiger partial charge in [0.05, 0.1) is 6.61 Å². The number of benzene rings is 2. The van der Waals surface area contributed by atoms with Crippen molar-refractivity contribution < 1.29 is 14.6 Å². The maximum absolute atomic E-state index is 11.1. The molecule has 0 aliphatic heterocycles. The summed E-state index contributed by atoms with van der Waals surface area (Å²) < 4.78 is 5.60. The van der Waals surface area contributed by atoms with Crippen LogP contribution in [0.25, 0.3) is 0 Å². The molecular weight excluding hydrogens is 266 g/mol. The Kier molecular flexibility index (Phi) is 5.21. The van der Waals surface area contributed by atoms with Gasteiger partial charge in [0.25, 0.3) is 0 Å². The van der Waals surface area contributed by atoms with Crippen molar-refractivity contribution in [3.8, 4) is 5.75 Å². The highest BCUT2D eigenvalue weighted by Gasteiger charge is 2.13. The number of carboxylic acids is 1. The Balaban J connectivity index is 2.25. The van der Waals surface area contributed by atoms with Crippen molar-refractivity contribution in [2.45, 2.75) is 13.5 Å². The molecule has 0 saturated carbocycles. The summed E-state index contributed by atoms with van der Waals surface area (Å²) in [5, 5.41) is 9.12. The molecule has 110 valence electrons. The average molecular weight is 285 g/mol. The molecule has 0 aliphatic rings. The zero-order chi connectivity index (χ0) is 15.1. The Morgan fingerprint density at radius 2 is 1.76 bits per heavy atom. The number of hydrogen-bond donors (Lipinski definition) is 1. The molecule has 0 unspecified atom stereocenters. The zero-order valence-corrected chi connectivity index (χ0v) is 12.0. The zero-order valence-electron chi connectivity index (χ0n) is 12.0. The van der Waals surface area contributed by atoms with Gasteiger partial charge in [-0.1, -0.05) is 36.4 Å². The Bertz CT molecular complexity index is 584. The summed E-state index contributed by atoms with van der Waals surface area (Å²) in [5.74, 6) is -0.0564. The van der Waals surface area contributed by atoms with E-state index in [-0.39, 0.29) is 6.54 Å². The van der Waals surface area contributed by atoms with Gasteiger partial charge in [0.1, 0.15) is 12.3 Å². The van der Waals surface area contributed by atoms with Crippen LogP contribution in [0, 0.1) is 0 Å². The van der Waals surface area contributed by atoms with E-state index in [2.05, 4.69) is 0 Å². The van der Waals surface area contributed by atoms with E-state index in [1.54, 1.807) is 0 Å². The van der Waals surface area contributed by atoms with E-state index >= 15 is 0 Å². The molecule has 0 amide bonds. The second kappa shape index (κ2) is 7.33. The molecule has 0 atom stereocenters. The third-order valence-electron chi connectivity index (χ3n) is 3.08. The summed E-state index contributed by atoms with van der Waals surface area (Å²) in [5.41, 5.74) is 1.86. The van der Waals surface area contributed by atoms with Crippen molar-refractivity contribution in [1.82, 2.24) is 0 Å². The lowest BCUT2D eigenvalue weighted by atomic mass is 10.1. The predicted molar refractivity (Wildman–Crippen MR) is 82.7 cm³/mol. The highest BCUT2D eigenvalue weighted by atomic mass is 16.5. The number of nitrogens with zero attached hydrogens (tertiary/aromatic N) is 1. The summed E-state index contributed by atoms with van der Waals surface area (Å²) in [7, 11) is 0. The molecule has 4 nitrogen and oxygen atoms in total. The molecule has 0 radical (unpaired) electrons. The van der Waals surface area contributed by atoms with Gasteiger partial charge in [-0.05, 0) is 25.1 Å². The highest BCUT2D eigenvalue weighted by molar-refractivity contribution is 5.73. The Hall–Kier alpha value is -2.49. The number of para-hydroxylation sites is 2. The first kappa shape index (κ1) is 14.9. The van der Waals surface area contributed by atoms with Crippen molar-refractivity contribution in [1.29, 1.82) is 0 Å². The Morgan fingerprint density at radius 1 is 1.10 bits per heavy atom. The minimum atomic E-state index is -0.854. The molecule has 0 aromatic heterocycles. The van der Waals surface area contributed by atoms with Gasteiger partial charge in [0.2, 0.25) is 0 Å². The van der Waals surface area contributed by atoms with E-state index in [4.69, 9.17) is 9.84 Å². The SMILES string of the molecule is CCOc1ccccc1CN(CC(=O)O)c1ccccc1. The minimum absolute atomic E-state index is 0.0511. The topological polar surface area (TPSA) is 49.8 Å². The first-order valence-corrected chi connectivity index (χ1v) is 6.93. The van der Waals surface area contributed by atoms with E-state index in [9.17, 15) is 4.79 Å². The molecule has 0 fully saturated rings. The highest BCUT2D eigenvalue weighted by Crippen LogP contribution is 2.23. The van der Waals surface area contributed by atoms with Gasteiger partial charge in [0, 0.05) is 17.8 Å². The van der Waals surface area contributed by atoms with Crippen LogP contribution in [0.2, 0.25) is 0 Å². The number of rotatable bonds is 7. The van der Waals surface area contributed by atoms with Crippen LogP contribution in [0.15, 0.2) is 54.6 Å². The molecule has 2 rings (SSSR count). The molecule has 0 heterocycles. The summed E-state index contributed by atoms with van der Waals surface area (Å²) in [6, 6.07) is 17.2. The van der Waals surface area contributed by atoms with E-state index in [1.807, 2.05) is 66.4 Å². The third kappa shape index (κ3) is 4.24. The monoisotopic (exact) mass is 285 g/mol. The second-order valence-electron chi connectivity index (χ2n) is 4.63. The third-order valence-corrected chi connectivity index (χ3v) is 3.08. The summed E-state index contributed by atoms with van der Waals surface area (Å²) in [6.07, 6.45) is 0. The summed E-state index contributed by atoms with van der Waals surface area (Å²) >= 11 is 0. The maximum atomic E-state index is 11.1. The van der Waals surface area contributed by atoms with Crippen LogP contribution in [0.3, 0.4) is 0 Å². The normalized spacial score (nSPS) is 10.1. The van der Waals surface area contributed by atoms with E-state index in [1.165, 1.54) is 0 Å². The first-order valence-electron chi connectivity index (χ1n) is 6.93. The van der Waals surface area contributed by atoms with Gasteiger partial charge < -0.3 is 14.7 Å². The van der Waals surface area contributed by atoms with Crippen molar-refractivity contribution in [2.75, 3.05) is 18.1 Å². The lowest BCUT2D eigenvalue weighted by Gasteiger charge is -2.24. The van der Waals surface area contributed by atoms with Crippen molar-refractivity contribution >= 4 is 11.7 Å². The van der Waals surface area contributed by atoms with Gasteiger partial charge in [-0.15, -0.1) is 0 Å². The summed E-state index contributed by atoms with van der Waals surface area (Å²) in [6.45, 7) is 2.96. The van der Waals surface area contributed by atoms with Gasteiger partial charge in [0.15, 0.2) is 0 Å². The van der Waals surface area contributed by atoms with Crippen LogP contribution in [0.1, 0.15) is 12.5 Å². The number of carboxylic acid groups (broad SMARTS) is 1. The van der Waals surface area contributed by atoms with Gasteiger partial charge in [-0.2, -0.15) is 0 Å². The van der Waals surface area contributed by atoms with Crippen molar-refractivity contribution in [3.05, 3.63) is 60.2 Å². The van der Waals surface area contributed by atoms with Crippen LogP contribution >= 0.6 is 0 Å². The largest absolute Gasteiger partial charge is 0.494 e. The molecule has 0 saturated heterocycles. The molecule has 2 aromatic rings. The fourth-order valence-corrected chi connectivity index (χ4v) is 2.18. The lowest BCUT2D eigenvalue weighted by Crippen LogP contribution is -2.29. The minimum Gasteiger partial charge on any atom is -0.494 e. The molecular formula is C17H19NO3. The fourth-order valence-electron chi connectivity index (χ4n) is 2.18. The van der Waals surface area contributed by atoms with Gasteiger partial charge >= 0.3 is 5.97 Å². The molecule has 0 aliphatic carbocycles. The standard InChI is InChI=1S/C17H19NO3/c1-2-21-16-11-7-6-8-14(16)12-18(13-17(19)20)15-9-4-3-5-10-15/h3-11H,2,12-13H2,1H3,(H,19,20). The van der Waals surface area contributed by atoms with Crippen LogP contribution in [0.5, 0.6) is 5.75 Å². The fraction of sp³-hybridized carbons (Fsp3) is 0.235. The van der Waals surface area contributed by atoms with Crippen molar-refractivity contribution in [2.24, 2.45) is 0 Å². The molecule has 4 heteroatoms. The maximum Gasteiger partial charge on any atom is 0.323 e. The molecule has 2 aromatic carbocycles. The quantitative estimate of drug-likeness (QED) is 0.849. The molecule has 21 heavy (non-hydrogen) atoms. The lowest BCUT2D eigenvalue weighted by molar-refractivity contribution is -0.135. The predicted octanol–water partition coefficient (Wildman–Crippen LogP) is 3.18. The average Bonchev–Trinajstić information content (AvgIpc) is 2.49. The van der Waals surface area contributed by atoms with E-state index < -0.39 is 5.97 Å². The Morgan fingerprint density at radius 3 is 2.43 bits per heavy atom. The van der Waals surface area contributed by atoms with Gasteiger partial charge in [-0.3, -0.25) is 4.79 Å². The van der Waals surface area contributed by atoms with Gasteiger partial charge in [-0.25, -0.2) is 0 Å². The number of aliphatic carboxylic acids is 1. The van der Waals surface area contributed by atoms with Crippen LogP contribution in [0.4, 0.5) is 5.69 Å². The first-order chi connectivity index (χ1) is 10.2. The van der Waals surface area contributed by atoms with Crippen LogP contribution < -0.4 is 9.64 Å². The molecule has 0 spiro atoms. The Labute approximate surface area is 124 Å². The second-order valence-corrected chi connectivity index (χ2v) is 4.63. The number of anilines is 1. The van der Waals surface area contributed by atoms with Crippen LogP contribution in [-0.4, -0.2) is 24.2 Å². The van der Waals surface area contributed by atoms with Crippen LogP contribution in [-0.2, 0) is 11.3 Å². The molecule has 0 bridgehead atoms. The number of hydrogen-bond acceptors (Lipinski definition) is 3. The summed E-state index contributed by atoms with van der Waals surface area (Å²) in [4.78, 5) is 12.9.